The summed E-state index contributed by atoms with van der Waals surface area (Å²) in [4.78, 5) is 13.9. The maximum atomic E-state index is 11.7. The van der Waals surface area contributed by atoms with Gasteiger partial charge in [-0.25, -0.2) is 0 Å². The number of benzene rings is 1. The molecule has 1 fully saturated rings. The van der Waals surface area contributed by atoms with E-state index in [9.17, 15) is 4.79 Å². The van der Waals surface area contributed by atoms with E-state index >= 15 is 0 Å². The van der Waals surface area contributed by atoms with Gasteiger partial charge in [0.05, 0.1) is 0 Å². The standard InChI is InChI=1S/C14H20N2O/c1-11-6-5-9-16(10-11)13(14(15)17)12-7-3-2-4-8-12/h2-4,7-8,11,13H,5-6,9-10H2,1H3,(H2,15,17). The molecule has 0 saturated carbocycles. The van der Waals surface area contributed by atoms with Gasteiger partial charge in [-0.2, -0.15) is 0 Å². The minimum Gasteiger partial charge on any atom is -0.368 e. The zero-order valence-electron chi connectivity index (χ0n) is 10.3. The Morgan fingerprint density at radius 3 is 2.71 bits per heavy atom. The molecular weight excluding hydrogens is 212 g/mol. The Kier molecular flexibility index (Phi) is 3.79. The third-order valence-corrected chi connectivity index (χ3v) is 3.44. The van der Waals surface area contributed by atoms with Gasteiger partial charge in [0.25, 0.3) is 0 Å². The van der Waals surface area contributed by atoms with Gasteiger partial charge in [0.1, 0.15) is 6.04 Å². The number of carbonyl (C=O) groups excluding carboxylic acids is 1. The molecule has 3 nitrogen and oxygen atoms in total. The van der Waals surface area contributed by atoms with Crippen molar-refractivity contribution in [2.75, 3.05) is 13.1 Å². The molecule has 1 aromatic rings. The molecule has 3 heteroatoms. The van der Waals surface area contributed by atoms with E-state index in [4.69, 9.17) is 5.73 Å². The van der Waals surface area contributed by atoms with Crippen LogP contribution in [0.25, 0.3) is 0 Å². The molecular formula is C14H20N2O. The van der Waals surface area contributed by atoms with Gasteiger partial charge >= 0.3 is 0 Å². The smallest absolute Gasteiger partial charge is 0.239 e. The Hall–Kier alpha value is -1.35. The highest BCUT2D eigenvalue weighted by atomic mass is 16.1. The number of carbonyl (C=O) groups is 1. The predicted octanol–water partition coefficient (Wildman–Crippen LogP) is 1.94. The summed E-state index contributed by atoms with van der Waals surface area (Å²) in [7, 11) is 0. The number of hydrogen-bond acceptors (Lipinski definition) is 2. The minimum atomic E-state index is -0.265. The largest absolute Gasteiger partial charge is 0.368 e. The zero-order chi connectivity index (χ0) is 12.3. The van der Waals surface area contributed by atoms with Crippen LogP contribution in [0.15, 0.2) is 30.3 Å². The lowest BCUT2D eigenvalue weighted by atomic mass is 9.96. The van der Waals surface area contributed by atoms with Crippen molar-refractivity contribution in [2.24, 2.45) is 11.7 Å². The monoisotopic (exact) mass is 232 g/mol. The molecule has 2 rings (SSSR count). The van der Waals surface area contributed by atoms with Crippen LogP contribution in [0.5, 0.6) is 0 Å². The van der Waals surface area contributed by atoms with Crippen LogP contribution in [0.3, 0.4) is 0 Å². The van der Waals surface area contributed by atoms with Crippen LogP contribution in [0.2, 0.25) is 0 Å². The topological polar surface area (TPSA) is 46.3 Å². The number of rotatable bonds is 3. The normalized spacial score (nSPS) is 23.2. The molecule has 92 valence electrons. The molecule has 1 heterocycles. The second-order valence-corrected chi connectivity index (χ2v) is 4.96. The average molecular weight is 232 g/mol. The predicted molar refractivity (Wildman–Crippen MR) is 68.3 cm³/mol. The number of nitrogens with zero attached hydrogens (tertiary/aromatic N) is 1. The fourth-order valence-electron chi connectivity index (χ4n) is 2.65. The highest BCUT2D eigenvalue weighted by molar-refractivity contribution is 5.81. The molecule has 1 aliphatic rings. The van der Waals surface area contributed by atoms with Gasteiger partial charge in [0.15, 0.2) is 0 Å². The lowest BCUT2D eigenvalue weighted by Crippen LogP contribution is -2.43. The SMILES string of the molecule is CC1CCCN(C(C(N)=O)c2ccccc2)C1. The summed E-state index contributed by atoms with van der Waals surface area (Å²) in [6, 6.07) is 9.57. The van der Waals surface area contributed by atoms with E-state index in [0.29, 0.717) is 5.92 Å². The Morgan fingerprint density at radius 2 is 2.12 bits per heavy atom. The fourth-order valence-corrected chi connectivity index (χ4v) is 2.65. The maximum absolute atomic E-state index is 11.7. The van der Waals surface area contributed by atoms with Gasteiger partial charge in [0.2, 0.25) is 5.91 Å². The van der Waals surface area contributed by atoms with E-state index in [1.165, 1.54) is 6.42 Å². The Bertz CT molecular complexity index is 377. The molecule has 2 N–H and O–H groups in total. The van der Waals surface area contributed by atoms with Crippen LogP contribution in [0.1, 0.15) is 31.4 Å². The number of hydrogen-bond donors (Lipinski definition) is 1. The second kappa shape index (κ2) is 5.32. The van der Waals surface area contributed by atoms with Crippen molar-refractivity contribution >= 4 is 5.91 Å². The van der Waals surface area contributed by atoms with Gasteiger partial charge in [-0.1, -0.05) is 37.3 Å². The molecule has 1 amide bonds. The molecule has 1 aliphatic heterocycles. The van der Waals surface area contributed by atoms with Gasteiger partial charge in [0, 0.05) is 6.54 Å². The first-order valence-corrected chi connectivity index (χ1v) is 6.27. The third-order valence-electron chi connectivity index (χ3n) is 3.44. The molecule has 0 aliphatic carbocycles. The first kappa shape index (κ1) is 12.1. The summed E-state index contributed by atoms with van der Waals surface area (Å²) in [6.07, 6.45) is 2.40. The van der Waals surface area contributed by atoms with E-state index in [0.717, 1.165) is 25.1 Å². The lowest BCUT2D eigenvalue weighted by molar-refractivity contribution is -0.124. The van der Waals surface area contributed by atoms with Crippen molar-refractivity contribution in [1.82, 2.24) is 4.90 Å². The Labute approximate surface area is 103 Å². The molecule has 0 radical (unpaired) electrons. The van der Waals surface area contributed by atoms with E-state index in [1.807, 2.05) is 30.3 Å². The number of likely N-dealkylation sites (tertiary alicyclic amines) is 1. The van der Waals surface area contributed by atoms with Gasteiger partial charge in [-0.15, -0.1) is 0 Å². The van der Waals surface area contributed by atoms with Crippen LogP contribution in [-0.4, -0.2) is 23.9 Å². The number of nitrogens with two attached hydrogens (primary N) is 1. The van der Waals surface area contributed by atoms with E-state index in [-0.39, 0.29) is 11.9 Å². The number of piperidine rings is 1. The lowest BCUT2D eigenvalue weighted by Gasteiger charge is -2.35. The van der Waals surface area contributed by atoms with Crippen molar-refractivity contribution in [3.8, 4) is 0 Å². The summed E-state index contributed by atoms with van der Waals surface area (Å²) in [5.74, 6) is 0.402. The van der Waals surface area contributed by atoms with Crippen LogP contribution in [0.4, 0.5) is 0 Å². The number of primary amides is 1. The van der Waals surface area contributed by atoms with E-state index in [1.54, 1.807) is 0 Å². The highest BCUT2D eigenvalue weighted by Gasteiger charge is 2.28. The highest BCUT2D eigenvalue weighted by Crippen LogP contribution is 2.26. The first-order valence-electron chi connectivity index (χ1n) is 6.27. The fraction of sp³-hybridized carbons (Fsp3) is 0.500. The minimum absolute atomic E-state index is 0.245. The molecule has 0 spiro atoms. The van der Waals surface area contributed by atoms with Crippen molar-refractivity contribution in [1.29, 1.82) is 0 Å². The van der Waals surface area contributed by atoms with E-state index in [2.05, 4.69) is 11.8 Å². The second-order valence-electron chi connectivity index (χ2n) is 4.96. The molecule has 0 aromatic heterocycles. The third kappa shape index (κ3) is 2.86. The van der Waals surface area contributed by atoms with Crippen LogP contribution in [0, 0.1) is 5.92 Å². The molecule has 0 bridgehead atoms. The van der Waals surface area contributed by atoms with Crippen LogP contribution < -0.4 is 5.73 Å². The van der Waals surface area contributed by atoms with Crippen molar-refractivity contribution in [3.63, 3.8) is 0 Å². The summed E-state index contributed by atoms with van der Waals surface area (Å²) >= 11 is 0. The van der Waals surface area contributed by atoms with Gasteiger partial charge in [-0.05, 0) is 30.9 Å². The summed E-state index contributed by atoms with van der Waals surface area (Å²) in [5, 5.41) is 0. The van der Waals surface area contributed by atoms with E-state index < -0.39 is 0 Å². The van der Waals surface area contributed by atoms with Crippen molar-refractivity contribution < 1.29 is 4.79 Å². The quantitative estimate of drug-likeness (QED) is 0.865. The van der Waals surface area contributed by atoms with Gasteiger partial charge < -0.3 is 5.73 Å². The maximum Gasteiger partial charge on any atom is 0.239 e. The first-order chi connectivity index (χ1) is 8.18. The Morgan fingerprint density at radius 1 is 1.41 bits per heavy atom. The molecule has 2 atom stereocenters. The zero-order valence-corrected chi connectivity index (χ0v) is 10.3. The summed E-state index contributed by atoms with van der Waals surface area (Å²) in [6.45, 7) is 4.16. The van der Waals surface area contributed by atoms with Crippen LogP contribution in [-0.2, 0) is 4.79 Å². The summed E-state index contributed by atoms with van der Waals surface area (Å²) < 4.78 is 0. The number of amides is 1. The molecule has 2 unspecified atom stereocenters. The molecule has 17 heavy (non-hydrogen) atoms. The van der Waals surface area contributed by atoms with Crippen LogP contribution >= 0.6 is 0 Å². The van der Waals surface area contributed by atoms with Gasteiger partial charge in [-0.3, -0.25) is 9.69 Å². The molecule has 1 aromatic carbocycles. The molecule has 1 saturated heterocycles. The average Bonchev–Trinajstić information content (AvgIpc) is 2.30. The Balaban J connectivity index is 2.20. The summed E-state index contributed by atoms with van der Waals surface area (Å²) in [5.41, 5.74) is 6.57. The van der Waals surface area contributed by atoms with Crippen molar-refractivity contribution in [2.45, 2.75) is 25.8 Å². The van der Waals surface area contributed by atoms with Crippen molar-refractivity contribution in [3.05, 3.63) is 35.9 Å².